The van der Waals surface area contributed by atoms with Crippen molar-refractivity contribution in [3.05, 3.63) is 54.4 Å². The smallest absolute Gasteiger partial charge is 0.280 e. The average molecular weight is 338 g/mol. The number of rotatable bonds is 4. The molecule has 0 aliphatic carbocycles. The first kappa shape index (κ1) is 15.7. The molecule has 3 aromatic rings. The highest BCUT2D eigenvalue weighted by atomic mass is 16.8. The predicted molar refractivity (Wildman–Crippen MR) is 90.6 cm³/mol. The van der Waals surface area contributed by atoms with Crippen molar-refractivity contribution in [2.45, 2.75) is 25.6 Å². The largest absolute Gasteiger partial charge is 0.350 e. The van der Waals surface area contributed by atoms with E-state index in [1.165, 1.54) is 6.20 Å². The second-order valence-electron chi connectivity index (χ2n) is 5.83. The number of hydroxylamine groups is 1. The van der Waals surface area contributed by atoms with Gasteiger partial charge >= 0.3 is 0 Å². The van der Waals surface area contributed by atoms with Gasteiger partial charge in [0.15, 0.2) is 11.9 Å². The van der Waals surface area contributed by atoms with Crippen molar-refractivity contribution in [3.63, 3.8) is 0 Å². The lowest BCUT2D eigenvalue weighted by molar-refractivity contribution is -0.186. The molecule has 2 aromatic heterocycles. The molecule has 1 aromatic carbocycles. The van der Waals surface area contributed by atoms with Crippen LogP contribution < -0.4 is 5.48 Å². The third-order valence-corrected chi connectivity index (χ3v) is 4.14. The van der Waals surface area contributed by atoms with Crippen LogP contribution in [0.5, 0.6) is 0 Å². The van der Waals surface area contributed by atoms with Gasteiger partial charge in [-0.3, -0.25) is 4.79 Å². The third kappa shape index (κ3) is 3.24. The van der Waals surface area contributed by atoms with Crippen LogP contribution in [0.1, 0.15) is 29.6 Å². The molecule has 0 radical (unpaired) electrons. The number of nitrogens with one attached hydrogen (secondary N) is 1. The molecule has 1 amide bonds. The minimum atomic E-state index is -0.396. The Bertz CT molecular complexity index is 872. The van der Waals surface area contributed by atoms with Gasteiger partial charge in [-0.15, -0.1) is 0 Å². The van der Waals surface area contributed by atoms with E-state index in [4.69, 9.17) is 9.57 Å². The summed E-state index contributed by atoms with van der Waals surface area (Å²) in [7, 11) is 0. The summed E-state index contributed by atoms with van der Waals surface area (Å²) in [5.74, 6) is -0.387. The Hall–Kier alpha value is -2.77. The molecule has 4 rings (SSSR count). The Morgan fingerprint density at radius 3 is 2.92 bits per heavy atom. The van der Waals surface area contributed by atoms with E-state index >= 15 is 0 Å². The van der Waals surface area contributed by atoms with E-state index in [1.807, 2.05) is 36.4 Å². The molecule has 0 unspecified atom stereocenters. The summed E-state index contributed by atoms with van der Waals surface area (Å²) < 4.78 is 7.09. The second-order valence-corrected chi connectivity index (χ2v) is 5.83. The van der Waals surface area contributed by atoms with Crippen molar-refractivity contribution < 1.29 is 14.4 Å². The van der Waals surface area contributed by atoms with Gasteiger partial charge in [0.1, 0.15) is 5.56 Å². The molecular weight excluding hydrogens is 320 g/mol. The number of hydrogen-bond acceptors (Lipinski definition) is 5. The van der Waals surface area contributed by atoms with Crippen LogP contribution in [0.15, 0.2) is 48.8 Å². The molecule has 0 spiro atoms. The van der Waals surface area contributed by atoms with Crippen molar-refractivity contribution in [3.8, 4) is 11.3 Å². The Morgan fingerprint density at radius 1 is 1.24 bits per heavy atom. The zero-order valence-corrected chi connectivity index (χ0v) is 13.6. The summed E-state index contributed by atoms with van der Waals surface area (Å²) in [6.45, 7) is 0.652. The Labute approximate surface area is 144 Å². The summed E-state index contributed by atoms with van der Waals surface area (Å²) >= 11 is 0. The van der Waals surface area contributed by atoms with Gasteiger partial charge in [0.25, 0.3) is 5.91 Å². The fourth-order valence-corrected chi connectivity index (χ4v) is 2.86. The van der Waals surface area contributed by atoms with Gasteiger partial charge in [0.05, 0.1) is 11.9 Å². The highest BCUT2D eigenvalue weighted by molar-refractivity contribution is 5.99. The topological polar surface area (TPSA) is 77.8 Å². The normalized spacial score (nSPS) is 17.5. The number of carbonyl (C=O) groups is 1. The van der Waals surface area contributed by atoms with Gasteiger partial charge < -0.3 is 4.74 Å². The van der Waals surface area contributed by atoms with Crippen LogP contribution in [0, 0.1) is 0 Å². The van der Waals surface area contributed by atoms with Gasteiger partial charge in [0, 0.05) is 24.8 Å². The molecule has 1 atom stereocenters. The molecule has 1 aliphatic heterocycles. The number of carbonyl (C=O) groups excluding carboxylic acids is 1. The van der Waals surface area contributed by atoms with Crippen molar-refractivity contribution in [1.29, 1.82) is 0 Å². The van der Waals surface area contributed by atoms with Crippen LogP contribution in [0.25, 0.3) is 16.9 Å². The van der Waals surface area contributed by atoms with Gasteiger partial charge in [-0.25, -0.2) is 19.8 Å². The summed E-state index contributed by atoms with van der Waals surface area (Å²) in [4.78, 5) is 22.1. The van der Waals surface area contributed by atoms with E-state index in [9.17, 15) is 4.79 Å². The summed E-state index contributed by atoms with van der Waals surface area (Å²) in [5, 5.41) is 4.32. The molecule has 25 heavy (non-hydrogen) atoms. The Morgan fingerprint density at radius 2 is 2.12 bits per heavy atom. The lowest BCUT2D eigenvalue weighted by Crippen LogP contribution is -2.33. The molecule has 1 N–H and O–H groups in total. The van der Waals surface area contributed by atoms with Crippen LogP contribution in [0.4, 0.5) is 0 Å². The van der Waals surface area contributed by atoms with Crippen LogP contribution in [0.2, 0.25) is 0 Å². The number of fused-ring (bicyclic) bond motifs is 1. The predicted octanol–water partition coefficient (Wildman–Crippen LogP) is 2.58. The van der Waals surface area contributed by atoms with E-state index in [2.05, 4.69) is 15.6 Å². The van der Waals surface area contributed by atoms with Gasteiger partial charge in [-0.2, -0.15) is 5.10 Å². The maximum atomic E-state index is 12.4. The number of amides is 1. The first-order valence-corrected chi connectivity index (χ1v) is 8.29. The standard InChI is InChI=1S/C18H18N4O3/c23-18(21-25-16-8-4-5-11-24-16)14-12-20-22-15(9-10-19-17(14)22)13-6-2-1-3-7-13/h1-3,6-7,9-10,12,16H,4-5,8,11H2,(H,21,23)/t16-/m0/s1. The molecule has 0 saturated carbocycles. The van der Waals surface area contributed by atoms with E-state index in [0.29, 0.717) is 17.8 Å². The molecule has 7 heteroatoms. The first-order chi connectivity index (χ1) is 12.3. The van der Waals surface area contributed by atoms with E-state index in [-0.39, 0.29) is 5.91 Å². The first-order valence-electron chi connectivity index (χ1n) is 8.29. The van der Waals surface area contributed by atoms with E-state index in [0.717, 1.165) is 30.5 Å². The van der Waals surface area contributed by atoms with Gasteiger partial charge in [-0.1, -0.05) is 30.3 Å². The minimum Gasteiger partial charge on any atom is -0.350 e. The van der Waals surface area contributed by atoms with Crippen molar-refractivity contribution in [2.24, 2.45) is 0 Å². The maximum absolute atomic E-state index is 12.4. The average Bonchev–Trinajstić information content (AvgIpc) is 3.12. The molecule has 0 bridgehead atoms. The van der Waals surface area contributed by atoms with Crippen LogP contribution in [-0.2, 0) is 9.57 Å². The molecule has 3 heterocycles. The number of hydrogen-bond donors (Lipinski definition) is 1. The van der Waals surface area contributed by atoms with Crippen LogP contribution in [0.3, 0.4) is 0 Å². The lowest BCUT2D eigenvalue weighted by atomic mass is 10.1. The Kier molecular flexibility index (Phi) is 4.41. The van der Waals surface area contributed by atoms with Gasteiger partial charge in [-0.05, 0) is 18.9 Å². The van der Waals surface area contributed by atoms with Crippen molar-refractivity contribution >= 4 is 11.6 Å². The van der Waals surface area contributed by atoms with Crippen LogP contribution >= 0.6 is 0 Å². The van der Waals surface area contributed by atoms with E-state index in [1.54, 1.807) is 10.7 Å². The summed E-state index contributed by atoms with van der Waals surface area (Å²) in [5.41, 5.74) is 5.14. The highest BCUT2D eigenvalue weighted by Gasteiger charge is 2.19. The molecule has 128 valence electrons. The second kappa shape index (κ2) is 7.00. The quantitative estimate of drug-likeness (QED) is 0.740. The number of ether oxygens (including phenoxy) is 1. The maximum Gasteiger partial charge on any atom is 0.280 e. The van der Waals surface area contributed by atoms with Crippen molar-refractivity contribution in [1.82, 2.24) is 20.1 Å². The number of aromatic nitrogens is 3. The lowest BCUT2D eigenvalue weighted by Gasteiger charge is -2.21. The SMILES string of the molecule is O=C(NO[C@H]1CCCCO1)c1cnn2c(-c3ccccc3)ccnc12. The number of nitrogens with zero attached hydrogens (tertiary/aromatic N) is 3. The summed E-state index contributed by atoms with van der Waals surface area (Å²) in [6.07, 6.45) is 5.59. The van der Waals surface area contributed by atoms with Gasteiger partial charge in [0.2, 0.25) is 0 Å². The molecule has 7 nitrogen and oxygen atoms in total. The number of benzene rings is 1. The van der Waals surface area contributed by atoms with Crippen molar-refractivity contribution in [2.75, 3.05) is 6.61 Å². The minimum absolute atomic E-state index is 0.355. The third-order valence-electron chi connectivity index (χ3n) is 4.14. The zero-order valence-electron chi connectivity index (χ0n) is 13.6. The van der Waals surface area contributed by atoms with E-state index < -0.39 is 6.29 Å². The van der Waals surface area contributed by atoms with Crippen LogP contribution in [-0.4, -0.2) is 33.4 Å². The summed E-state index contributed by atoms with van der Waals surface area (Å²) in [6, 6.07) is 11.7. The molecule has 1 fully saturated rings. The molecule has 1 aliphatic rings. The fraction of sp³-hybridized carbons (Fsp3) is 0.278. The monoisotopic (exact) mass is 338 g/mol. The fourth-order valence-electron chi connectivity index (χ4n) is 2.86. The Balaban J connectivity index is 1.57. The highest BCUT2D eigenvalue weighted by Crippen LogP contribution is 2.20. The molecule has 1 saturated heterocycles. The zero-order chi connectivity index (χ0) is 17.1. The molecular formula is C18H18N4O3.